The van der Waals surface area contributed by atoms with Crippen molar-refractivity contribution in [3.8, 4) is 0 Å². The topological polar surface area (TPSA) is 46.2 Å². The Morgan fingerprint density at radius 3 is 2.25 bits per heavy atom. The molecule has 0 heterocycles. The molecule has 0 aromatic heterocycles. The van der Waals surface area contributed by atoms with Gasteiger partial charge in [0, 0.05) is 10.5 Å². The number of halogens is 1. The molecule has 90 valence electrons. The van der Waals surface area contributed by atoms with E-state index in [4.69, 9.17) is 0 Å². The normalized spacial score (nSPS) is 14.1. The number of benzene rings is 1. The summed E-state index contributed by atoms with van der Waals surface area (Å²) in [5.41, 5.74) is 0.937. The smallest absolute Gasteiger partial charge is 0.212 e. The second kappa shape index (κ2) is 5.29. The van der Waals surface area contributed by atoms with Crippen LogP contribution in [0.3, 0.4) is 0 Å². The first-order valence-corrected chi connectivity index (χ1v) is 7.44. The molecule has 0 spiro atoms. The Morgan fingerprint density at radius 1 is 1.19 bits per heavy atom. The summed E-state index contributed by atoms with van der Waals surface area (Å²) >= 11 is 3.41. The van der Waals surface area contributed by atoms with Crippen LogP contribution in [-0.2, 0) is 10.0 Å². The molecule has 16 heavy (non-hydrogen) atoms. The highest BCUT2D eigenvalue weighted by molar-refractivity contribution is 9.10. The summed E-state index contributed by atoms with van der Waals surface area (Å²) in [4.78, 5) is 0. The molecule has 0 unspecified atom stereocenters. The third kappa shape index (κ3) is 3.30. The van der Waals surface area contributed by atoms with E-state index >= 15 is 0 Å². The highest BCUT2D eigenvalue weighted by Gasteiger charge is 2.20. The van der Waals surface area contributed by atoms with Crippen LogP contribution in [0, 0.1) is 0 Å². The highest BCUT2D eigenvalue weighted by atomic mass is 79.9. The third-order valence-electron chi connectivity index (χ3n) is 2.33. The highest BCUT2D eigenvalue weighted by Crippen LogP contribution is 2.23. The molecule has 1 aromatic rings. The Hall–Kier alpha value is -0.390. The lowest BCUT2D eigenvalue weighted by molar-refractivity contribution is 0.557. The van der Waals surface area contributed by atoms with E-state index in [-0.39, 0.29) is 6.04 Å². The van der Waals surface area contributed by atoms with Crippen molar-refractivity contribution in [3.05, 3.63) is 34.3 Å². The molecule has 5 heteroatoms. The second-order valence-corrected chi connectivity index (χ2v) is 7.08. The van der Waals surface area contributed by atoms with Gasteiger partial charge >= 0.3 is 0 Å². The fraction of sp³-hybridized carbons (Fsp3) is 0.455. The Kier molecular flexibility index (Phi) is 4.52. The van der Waals surface area contributed by atoms with Crippen LogP contribution < -0.4 is 4.72 Å². The summed E-state index contributed by atoms with van der Waals surface area (Å²) in [6, 6.07) is 7.35. The van der Waals surface area contributed by atoms with Gasteiger partial charge in [0.05, 0.1) is 5.25 Å². The Labute approximate surface area is 105 Å². The first kappa shape index (κ1) is 13.7. The molecule has 1 N–H and O–H groups in total. The molecule has 0 aliphatic carbocycles. The van der Waals surface area contributed by atoms with Crippen molar-refractivity contribution in [2.24, 2.45) is 0 Å². The van der Waals surface area contributed by atoms with E-state index < -0.39 is 15.3 Å². The maximum Gasteiger partial charge on any atom is 0.214 e. The number of sulfonamides is 1. The van der Waals surface area contributed by atoms with Crippen LogP contribution in [0.5, 0.6) is 0 Å². The van der Waals surface area contributed by atoms with Crippen LogP contribution in [0.15, 0.2) is 28.7 Å². The average molecular weight is 306 g/mol. The quantitative estimate of drug-likeness (QED) is 0.930. The van der Waals surface area contributed by atoms with Crippen molar-refractivity contribution in [3.63, 3.8) is 0 Å². The van der Waals surface area contributed by atoms with Gasteiger partial charge in [0.15, 0.2) is 0 Å². The van der Waals surface area contributed by atoms with Crippen LogP contribution in [0.25, 0.3) is 0 Å². The molecule has 0 aliphatic heterocycles. The molecule has 1 atom stereocenters. The van der Waals surface area contributed by atoms with Crippen molar-refractivity contribution in [2.75, 3.05) is 0 Å². The lowest BCUT2D eigenvalue weighted by atomic mass is 10.1. The van der Waals surface area contributed by atoms with Crippen LogP contribution in [0.2, 0.25) is 0 Å². The van der Waals surface area contributed by atoms with Gasteiger partial charge in [-0.2, -0.15) is 0 Å². The van der Waals surface area contributed by atoms with Gasteiger partial charge in [0.2, 0.25) is 10.0 Å². The van der Waals surface area contributed by atoms with Crippen LogP contribution in [-0.4, -0.2) is 13.7 Å². The Balaban J connectivity index is 2.89. The standard InChI is InChI=1S/C11H16BrNO2S/c1-8(2)16(14,15)13-9(3)10-6-4-5-7-11(10)12/h4-9,13H,1-3H3/t9-/m1/s1. The molecular formula is C11H16BrNO2S. The average Bonchev–Trinajstić information content (AvgIpc) is 2.17. The zero-order valence-electron chi connectivity index (χ0n) is 9.57. The maximum absolute atomic E-state index is 11.7. The van der Waals surface area contributed by atoms with Crippen LogP contribution in [0.1, 0.15) is 32.4 Å². The molecule has 0 bridgehead atoms. The predicted molar refractivity (Wildman–Crippen MR) is 69.7 cm³/mol. The van der Waals surface area contributed by atoms with Crippen LogP contribution in [0.4, 0.5) is 0 Å². The molecule has 3 nitrogen and oxygen atoms in total. The monoisotopic (exact) mass is 305 g/mol. The van der Waals surface area contributed by atoms with Crippen molar-refractivity contribution < 1.29 is 8.42 Å². The molecule has 0 fully saturated rings. The zero-order chi connectivity index (χ0) is 12.3. The third-order valence-corrected chi connectivity index (χ3v) is 4.98. The lowest BCUT2D eigenvalue weighted by Gasteiger charge is -2.17. The number of nitrogens with one attached hydrogen (secondary N) is 1. The molecule has 1 aromatic carbocycles. The van der Waals surface area contributed by atoms with Crippen LogP contribution >= 0.6 is 15.9 Å². The van der Waals surface area contributed by atoms with E-state index in [1.165, 1.54) is 0 Å². The summed E-state index contributed by atoms with van der Waals surface area (Å²) in [6.45, 7) is 5.16. The SMILES string of the molecule is CC(C)S(=O)(=O)N[C@H](C)c1ccccc1Br. The predicted octanol–water partition coefficient (Wildman–Crippen LogP) is 2.84. The fourth-order valence-corrected chi connectivity index (χ4v) is 2.79. The van der Waals surface area contributed by atoms with E-state index in [1.54, 1.807) is 13.8 Å². The summed E-state index contributed by atoms with van der Waals surface area (Å²) in [5, 5.41) is -0.419. The molecule has 0 aliphatic rings. The molecule has 0 amide bonds. The molecule has 0 saturated carbocycles. The van der Waals surface area contributed by atoms with Crippen molar-refractivity contribution >= 4 is 26.0 Å². The maximum atomic E-state index is 11.7. The first-order chi connectivity index (χ1) is 7.34. The van der Waals surface area contributed by atoms with Crippen molar-refractivity contribution in [1.29, 1.82) is 0 Å². The van der Waals surface area contributed by atoms with Gasteiger partial charge in [0.1, 0.15) is 0 Å². The van der Waals surface area contributed by atoms with E-state index in [9.17, 15) is 8.42 Å². The van der Waals surface area contributed by atoms with Crippen molar-refractivity contribution in [1.82, 2.24) is 4.72 Å². The number of hydrogen-bond acceptors (Lipinski definition) is 2. The first-order valence-electron chi connectivity index (χ1n) is 5.10. The summed E-state index contributed by atoms with van der Waals surface area (Å²) in [5.74, 6) is 0. The van der Waals surface area contributed by atoms with Gasteiger partial charge in [-0.15, -0.1) is 0 Å². The summed E-state index contributed by atoms with van der Waals surface area (Å²) in [7, 11) is -3.23. The van der Waals surface area contributed by atoms with Gasteiger partial charge in [-0.1, -0.05) is 34.1 Å². The Morgan fingerprint density at radius 2 is 1.75 bits per heavy atom. The molecular weight excluding hydrogens is 290 g/mol. The minimum atomic E-state index is -3.23. The minimum Gasteiger partial charge on any atom is -0.212 e. The van der Waals surface area contributed by atoms with Gasteiger partial charge in [-0.05, 0) is 32.4 Å². The molecule has 0 radical (unpaired) electrons. The largest absolute Gasteiger partial charge is 0.214 e. The molecule has 0 saturated heterocycles. The van der Waals surface area contributed by atoms with E-state index in [0.717, 1.165) is 10.0 Å². The lowest BCUT2D eigenvalue weighted by Crippen LogP contribution is -2.33. The van der Waals surface area contributed by atoms with Gasteiger partial charge in [0.25, 0.3) is 0 Å². The molecule has 1 rings (SSSR count). The van der Waals surface area contributed by atoms with E-state index in [2.05, 4.69) is 20.7 Å². The summed E-state index contributed by atoms with van der Waals surface area (Å²) < 4.78 is 27.0. The van der Waals surface area contributed by atoms with Crippen molar-refractivity contribution in [2.45, 2.75) is 32.1 Å². The Bertz CT molecular complexity index is 457. The summed E-state index contributed by atoms with van der Waals surface area (Å²) in [6.07, 6.45) is 0. The van der Waals surface area contributed by atoms with Gasteiger partial charge in [-0.3, -0.25) is 0 Å². The second-order valence-electron chi connectivity index (χ2n) is 3.95. The minimum absolute atomic E-state index is 0.233. The van der Waals surface area contributed by atoms with Gasteiger partial charge < -0.3 is 0 Å². The van der Waals surface area contributed by atoms with E-state index in [1.807, 2.05) is 31.2 Å². The van der Waals surface area contributed by atoms with Gasteiger partial charge in [-0.25, -0.2) is 13.1 Å². The fourth-order valence-electron chi connectivity index (χ4n) is 1.27. The zero-order valence-corrected chi connectivity index (χ0v) is 12.0. The number of rotatable bonds is 4. The van der Waals surface area contributed by atoms with E-state index in [0.29, 0.717) is 0 Å². The number of hydrogen-bond donors (Lipinski definition) is 1.